The van der Waals surface area contributed by atoms with Crippen LogP contribution in [0.15, 0.2) is 23.1 Å². The quantitative estimate of drug-likeness (QED) is 0.224. The van der Waals surface area contributed by atoms with E-state index < -0.39 is 46.6 Å². The third kappa shape index (κ3) is 9.25. The van der Waals surface area contributed by atoms with Crippen LogP contribution in [0, 0.1) is 0 Å². The second kappa shape index (κ2) is 15.1. The van der Waals surface area contributed by atoms with E-state index in [0.29, 0.717) is 81.0 Å². The van der Waals surface area contributed by atoms with Gasteiger partial charge in [-0.2, -0.15) is 22.6 Å². The Balaban J connectivity index is 1.36. The molecule has 17 heteroatoms. The van der Waals surface area contributed by atoms with Crippen LogP contribution in [0.3, 0.4) is 0 Å². The highest BCUT2D eigenvalue weighted by Gasteiger charge is 2.35. The lowest BCUT2D eigenvalue weighted by Gasteiger charge is -2.33. The molecule has 3 aliphatic heterocycles. The number of likely N-dealkylation sites (tertiary alicyclic amines) is 2. The Morgan fingerprint density at radius 1 is 1.13 bits per heavy atom. The summed E-state index contributed by atoms with van der Waals surface area (Å²) in [4.78, 5) is 15.5. The second-order valence-electron chi connectivity index (χ2n) is 12.5. The van der Waals surface area contributed by atoms with E-state index in [0.717, 1.165) is 29.8 Å². The molecule has 2 fully saturated rings. The molecule has 3 aliphatic rings. The summed E-state index contributed by atoms with van der Waals surface area (Å²) in [5.74, 6) is -0.0837. The number of nitrogens with one attached hydrogen (secondary N) is 1. The molecular weight excluding hydrogens is 664 g/mol. The van der Waals surface area contributed by atoms with Crippen LogP contribution < -0.4 is 5.32 Å². The SMILES string of the molecule is CS(=O)(=O)N1CCc2c(c(-c3ccc(C(F)(F)F)c(SCCN4CC[C@H](F)C4)c3)nn2C[C@@H](O)CN2CCC(NC(=O)CO)CC2)C1. The summed E-state index contributed by atoms with van der Waals surface area (Å²) in [6, 6.07) is 3.77. The number of β-amino-alcohol motifs (C(OH)–C–C–N with tert-alkyl or cyclic N) is 1. The fourth-order valence-corrected chi connectivity index (χ4v) is 8.42. The molecule has 0 saturated carbocycles. The van der Waals surface area contributed by atoms with Crippen molar-refractivity contribution in [1.29, 1.82) is 0 Å². The summed E-state index contributed by atoms with van der Waals surface area (Å²) in [5, 5.41) is 27.6. The van der Waals surface area contributed by atoms with E-state index >= 15 is 0 Å². The molecule has 2 atom stereocenters. The Kier molecular flexibility index (Phi) is 11.6. The van der Waals surface area contributed by atoms with Crippen molar-refractivity contribution in [3.8, 4) is 11.3 Å². The van der Waals surface area contributed by atoms with Gasteiger partial charge in [0.25, 0.3) is 0 Å². The van der Waals surface area contributed by atoms with E-state index in [-0.39, 0.29) is 37.1 Å². The zero-order valence-electron chi connectivity index (χ0n) is 26.3. The normalized spacial score (nSPS) is 21.2. The van der Waals surface area contributed by atoms with E-state index in [9.17, 15) is 35.9 Å². The molecule has 3 N–H and O–H groups in total. The number of hydrogen-bond donors (Lipinski definition) is 3. The molecule has 0 radical (unpaired) electrons. The van der Waals surface area contributed by atoms with Gasteiger partial charge in [0.05, 0.1) is 30.2 Å². The van der Waals surface area contributed by atoms with Crippen LogP contribution in [0.1, 0.15) is 36.1 Å². The molecule has 1 amide bonds. The van der Waals surface area contributed by atoms with E-state index in [4.69, 9.17) is 10.2 Å². The van der Waals surface area contributed by atoms with Crippen LogP contribution in [-0.4, -0.2) is 131 Å². The third-order valence-corrected chi connectivity index (χ3v) is 11.2. The molecular formula is C30H42F4N6O5S2. The highest BCUT2D eigenvalue weighted by molar-refractivity contribution is 7.99. The van der Waals surface area contributed by atoms with Crippen molar-refractivity contribution in [2.24, 2.45) is 0 Å². The Hall–Kier alpha value is -2.28. The van der Waals surface area contributed by atoms with Gasteiger partial charge in [0.15, 0.2) is 0 Å². The molecule has 47 heavy (non-hydrogen) atoms. The highest BCUT2D eigenvalue weighted by Crippen LogP contribution is 2.40. The van der Waals surface area contributed by atoms with Crippen molar-refractivity contribution in [1.82, 2.24) is 29.2 Å². The van der Waals surface area contributed by atoms with Crippen LogP contribution in [0.25, 0.3) is 11.3 Å². The number of halogens is 4. The van der Waals surface area contributed by atoms with E-state index in [1.54, 1.807) is 4.68 Å². The zero-order valence-corrected chi connectivity index (χ0v) is 27.9. The number of hydrogen-bond acceptors (Lipinski definition) is 9. The molecule has 1 aromatic heterocycles. The van der Waals surface area contributed by atoms with Gasteiger partial charge in [-0.1, -0.05) is 6.07 Å². The number of amides is 1. The van der Waals surface area contributed by atoms with Gasteiger partial charge in [0, 0.05) is 92.3 Å². The Morgan fingerprint density at radius 2 is 1.85 bits per heavy atom. The van der Waals surface area contributed by atoms with Gasteiger partial charge in [0.2, 0.25) is 15.9 Å². The molecule has 5 rings (SSSR count). The minimum absolute atomic E-state index is 0.00945. The maximum absolute atomic E-state index is 14.0. The predicted octanol–water partition coefficient (Wildman–Crippen LogP) is 1.96. The molecule has 1 aromatic carbocycles. The number of nitrogens with zero attached hydrogens (tertiary/aromatic N) is 5. The minimum Gasteiger partial charge on any atom is -0.390 e. The molecule has 4 heterocycles. The van der Waals surface area contributed by atoms with Crippen LogP contribution in [-0.2, 0) is 40.5 Å². The number of aliphatic hydroxyl groups is 2. The Bertz CT molecular complexity index is 1520. The Labute approximate surface area is 276 Å². The van der Waals surface area contributed by atoms with E-state index in [2.05, 4.69) is 10.2 Å². The van der Waals surface area contributed by atoms with Crippen molar-refractivity contribution in [3.63, 3.8) is 0 Å². The number of sulfonamides is 1. The first kappa shape index (κ1) is 36.0. The topological polar surface area (TPSA) is 131 Å². The number of aromatic nitrogens is 2. The summed E-state index contributed by atoms with van der Waals surface area (Å²) in [7, 11) is -3.56. The molecule has 0 unspecified atom stereocenters. The van der Waals surface area contributed by atoms with Crippen molar-refractivity contribution in [2.75, 3.05) is 64.4 Å². The smallest absolute Gasteiger partial charge is 0.390 e. The van der Waals surface area contributed by atoms with Gasteiger partial charge >= 0.3 is 6.18 Å². The summed E-state index contributed by atoms with van der Waals surface area (Å²) >= 11 is 1.05. The molecule has 0 aliphatic carbocycles. The number of alkyl halides is 4. The van der Waals surface area contributed by atoms with Crippen molar-refractivity contribution in [3.05, 3.63) is 35.0 Å². The summed E-state index contributed by atoms with van der Waals surface area (Å²) < 4.78 is 83.6. The number of piperidine rings is 1. The van der Waals surface area contributed by atoms with Gasteiger partial charge in [-0.3, -0.25) is 14.4 Å². The first-order valence-corrected chi connectivity index (χ1v) is 18.6. The first-order chi connectivity index (χ1) is 22.2. The van der Waals surface area contributed by atoms with Gasteiger partial charge in [-0.05, 0) is 31.4 Å². The van der Waals surface area contributed by atoms with Crippen LogP contribution in [0.4, 0.5) is 17.6 Å². The number of rotatable bonds is 12. The molecule has 0 spiro atoms. The molecule has 2 saturated heterocycles. The monoisotopic (exact) mass is 706 g/mol. The minimum atomic E-state index is -4.59. The number of carbonyl (C=O) groups is 1. The molecule has 0 bridgehead atoms. The molecule has 11 nitrogen and oxygen atoms in total. The third-order valence-electron chi connectivity index (χ3n) is 8.96. The molecule has 2 aromatic rings. The van der Waals surface area contributed by atoms with Gasteiger partial charge in [-0.25, -0.2) is 12.8 Å². The van der Waals surface area contributed by atoms with Crippen molar-refractivity contribution < 1.29 is 41.0 Å². The summed E-state index contributed by atoms with van der Waals surface area (Å²) in [5.41, 5.74) is 1.33. The van der Waals surface area contributed by atoms with Crippen molar-refractivity contribution >= 4 is 27.7 Å². The second-order valence-corrected chi connectivity index (χ2v) is 15.6. The van der Waals surface area contributed by atoms with Crippen molar-refractivity contribution in [2.45, 2.75) is 68.2 Å². The van der Waals surface area contributed by atoms with Crippen LogP contribution in [0.5, 0.6) is 0 Å². The fraction of sp³-hybridized carbons (Fsp3) is 0.667. The van der Waals surface area contributed by atoms with E-state index in [1.807, 2.05) is 4.90 Å². The number of thioether (sulfide) groups is 1. The average molecular weight is 707 g/mol. The molecule has 262 valence electrons. The van der Waals surface area contributed by atoms with Gasteiger partial charge in [0.1, 0.15) is 12.8 Å². The first-order valence-electron chi connectivity index (χ1n) is 15.8. The predicted molar refractivity (Wildman–Crippen MR) is 169 cm³/mol. The summed E-state index contributed by atoms with van der Waals surface area (Å²) in [6.45, 7) is 2.67. The standard InChI is InChI=1S/C30H42F4N6O5S2/c1-47(44,45)39-11-7-26-24(18-39)29(36-40(26)17-23(42)16-37-9-5-22(6-10-37)35-28(43)19-41)20-2-3-25(30(32,33)34)27(14-20)46-13-12-38-8-4-21(31)15-38/h2-3,14,21-23,41-42H,4-13,15-19H2,1H3,(H,35,43)/t21-,23-/m0/s1. The number of fused-ring (bicyclic) bond motifs is 1. The summed E-state index contributed by atoms with van der Waals surface area (Å²) in [6.07, 6.45) is -3.14. The fourth-order valence-electron chi connectivity index (χ4n) is 6.52. The lowest BCUT2D eigenvalue weighted by atomic mass is 10.0. The zero-order chi connectivity index (χ0) is 33.9. The van der Waals surface area contributed by atoms with Gasteiger partial charge in [-0.15, -0.1) is 11.8 Å². The average Bonchev–Trinajstić information content (AvgIpc) is 3.59. The number of benzene rings is 1. The maximum atomic E-state index is 14.0. The van der Waals surface area contributed by atoms with Crippen LogP contribution >= 0.6 is 11.8 Å². The number of aliphatic hydroxyl groups excluding tert-OH is 2. The lowest BCUT2D eigenvalue weighted by molar-refractivity contribution is -0.139. The maximum Gasteiger partial charge on any atom is 0.417 e. The van der Waals surface area contributed by atoms with E-state index in [1.165, 1.54) is 16.4 Å². The largest absolute Gasteiger partial charge is 0.417 e. The highest BCUT2D eigenvalue weighted by atomic mass is 32.2. The number of carbonyl (C=O) groups excluding carboxylic acids is 1. The Morgan fingerprint density at radius 3 is 2.49 bits per heavy atom. The van der Waals surface area contributed by atoms with Gasteiger partial charge < -0.3 is 20.4 Å². The van der Waals surface area contributed by atoms with Crippen LogP contribution in [0.2, 0.25) is 0 Å². The lowest BCUT2D eigenvalue weighted by Crippen LogP contribution is -2.47.